The van der Waals surface area contributed by atoms with E-state index in [2.05, 4.69) is 5.32 Å². The first-order valence-corrected chi connectivity index (χ1v) is 9.74. The third kappa shape index (κ3) is 3.68. The number of ether oxygens (including phenoxy) is 2. The highest BCUT2D eigenvalue weighted by molar-refractivity contribution is 5.99. The number of benzene rings is 2. The Balaban J connectivity index is 1.64. The predicted molar refractivity (Wildman–Crippen MR) is 104 cm³/mol. The first-order valence-electron chi connectivity index (χ1n) is 9.74. The molecule has 0 saturated heterocycles. The van der Waals surface area contributed by atoms with E-state index in [4.69, 9.17) is 9.47 Å². The Morgan fingerprint density at radius 2 is 1.94 bits per heavy atom. The number of cyclic esters (lactones) is 1. The van der Waals surface area contributed by atoms with E-state index in [0.717, 1.165) is 12.1 Å². The lowest BCUT2D eigenvalue weighted by atomic mass is 9.81. The van der Waals surface area contributed by atoms with Crippen molar-refractivity contribution in [2.24, 2.45) is 0 Å². The predicted octanol–water partition coefficient (Wildman–Crippen LogP) is 3.86. The average molecular weight is 453 g/mol. The van der Waals surface area contributed by atoms with Crippen molar-refractivity contribution in [2.75, 3.05) is 12.4 Å². The van der Waals surface area contributed by atoms with Crippen LogP contribution in [0.3, 0.4) is 0 Å². The molecule has 10 heteroatoms. The molecule has 1 amide bonds. The van der Waals surface area contributed by atoms with E-state index < -0.39 is 41.3 Å². The van der Waals surface area contributed by atoms with Crippen LogP contribution in [0.25, 0.3) is 0 Å². The number of hydrogen-bond acceptors (Lipinski definition) is 5. The van der Waals surface area contributed by atoms with Gasteiger partial charge in [0.05, 0.1) is 12.7 Å². The van der Waals surface area contributed by atoms with Crippen molar-refractivity contribution >= 4 is 17.6 Å². The Morgan fingerprint density at radius 3 is 2.56 bits per heavy atom. The molecule has 32 heavy (non-hydrogen) atoms. The summed E-state index contributed by atoms with van der Waals surface area (Å²) in [6.07, 6.45) is -5.86. The van der Waals surface area contributed by atoms with Crippen LogP contribution >= 0.6 is 0 Å². The van der Waals surface area contributed by atoms with Crippen LogP contribution in [0.5, 0.6) is 5.75 Å². The van der Waals surface area contributed by atoms with Crippen molar-refractivity contribution in [2.45, 2.75) is 43.1 Å². The van der Waals surface area contributed by atoms with Gasteiger partial charge in [0.1, 0.15) is 18.2 Å². The molecule has 0 radical (unpaired) electrons. The van der Waals surface area contributed by atoms with Crippen LogP contribution in [-0.4, -0.2) is 35.9 Å². The van der Waals surface area contributed by atoms with E-state index >= 15 is 0 Å². The van der Waals surface area contributed by atoms with Crippen molar-refractivity contribution in [3.05, 3.63) is 58.9 Å². The molecule has 1 aliphatic carbocycles. The molecule has 0 aromatic heterocycles. The van der Waals surface area contributed by atoms with Crippen LogP contribution < -0.4 is 10.1 Å². The molecule has 4 rings (SSSR count). The molecule has 2 aliphatic rings. The molecule has 1 heterocycles. The molecule has 1 saturated carbocycles. The zero-order valence-corrected chi connectivity index (χ0v) is 16.9. The minimum atomic E-state index is -5.30. The van der Waals surface area contributed by atoms with E-state index in [-0.39, 0.29) is 42.0 Å². The van der Waals surface area contributed by atoms with Gasteiger partial charge in [-0.2, -0.15) is 13.2 Å². The summed E-state index contributed by atoms with van der Waals surface area (Å²) in [5.74, 6) is -2.72. The Labute approximate surface area is 180 Å². The first kappa shape index (κ1) is 22.1. The molecule has 6 nitrogen and oxygen atoms in total. The number of halogens is 4. The number of carbonyl (C=O) groups excluding carboxylic acids is 2. The minimum Gasteiger partial charge on any atom is -0.496 e. The van der Waals surface area contributed by atoms with Crippen molar-refractivity contribution in [1.82, 2.24) is 0 Å². The maximum absolute atomic E-state index is 14.0. The molecule has 1 aliphatic heterocycles. The Morgan fingerprint density at radius 1 is 1.22 bits per heavy atom. The van der Waals surface area contributed by atoms with Gasteiger partial charge in [-0.25, -0.2) is 9.18 Å². The zero-order chi connectivity index (χ0) is 23.3. The number of alkyl halides is 3. The molecule has 2 N–H and O–H groups in total. The molecule has 170 valence electrons. The maximum atomic E-state index is 14.0. The highest BCUT2D eigenvalue weighted by Gasteiger charge is 2.65. The fraction of sp³-hybridized carbons (Fsp3) is 0.364. The number of fused-ring (bicyclic) bond motifs is 1. The third-order valence-electron chi connectivity index (χ3n) is 5.97. The number of amides is 1. The monoisotopic (exact) mass is 453 g/mol. The molecule has 1 unspecified atom stereocenters. The van der Waals surface area contributed by atoms with E-state index in [0.29, 0.717) is 5.56 Å². The van der Waals surface area contributed by atoms with Gasteiger partial charge in [-0.1, -0.05) is 0 Å². The Kier molecular flexibility index (Phi) is 5.15. The highest BCUT2D eigenvalue weighted by atomic mass is 19.4. The van der Waals surface area contributed by atoms with Crippen LogP contribution in [0.4, 0.5) is 23.2 Å². The molecule has 1 fully saturated rings. The summed E-state index contributed by atoms with van der Waals surface area (Å²) in [5, 5.41) is 12.7. The second-order valence-corrected chi connectivity index (χ2v) is 8.06. The number of rotatable bonds is 6. The van der Waals surface area contributed by atoms with Crippen LogP contribution in [0, 0.1) is 5.82 Å². The summed E-state index contributed by atoms with van der Waals surface area (Å²) in [7, 11) is 1.30. The standard InChI is InChI=1S/C22H19F4NO5/c1-31-17-5-2-13(23)9-16(17)20(6-7-20)11-21(30,22(24,25)26)19(29)27-14-3-4-15-12(8-14)10-32-18(15)28/h2-5,8-9,30H,6-7,10-11H2,1H3,(H,27,29). The van der Waals surface area contributed by atoms with E-state index in [1.54, 1.807) is 0 Å². The van der Waals surface area contributed by atoms with Crippen molar-refractivity contribution in [1.29, 1.82) is 0 Å². The van der Waals surface area contributed by atoms with Crippen LogP contribution in [0.2, 0.25) is 0 Å². The largest absolute Gasteiger partial charge is 0.496 e. The van der Waals surface area contributed by atoms with Gasteiger partial charge in [0.2, 0.25) is 5.60 Å². The minimum absolute atomic E-state index is 0.0251. The Bertz CT molecular complexity index is 1100. The SMILES string of the molecule is COc1ccc(F)cc1C1(CC(O)(C(=O)Nc2ccc3c(c2)COC3=O)C(F)(F)F)CC1. The first-order chi connectivity index (χ1) is 15.0. The molecular weight excluding hydrogens is 434 g/mol. The second-order valence-electron chi connectivity index (χ2n) is 8.06. The topological polar surface area (TPSA) is 84.9 Å². The lowest BCUT2D eigenvalue weighted by Gasteiger charge is -2.33. The fourth-order valence-electron chi connectivity index (χ4n) is 4.03. The maximum Gasteiger partial charge on any atom is 0.426 e. The second kappa shape index (κ2) is 7.47. The van der Waals surface area contributed by atoms with Crippen LogP contribution in [0.15, 0.2) is 36.4 Å². The quantitative estimate of drug-likeness (QED) is 0.513. The van der Waals surface area contributed by atoms with Crippen molar-refractivity contribution in [3.63, 3.8) is 0 Å². The number of hydrogen-bond donors (Lipinski definition) is 2. The number of aliphatic hydroxyl groups is 1. The zero-order valence-electron chi connectivity index (χ0n) is 16.9. The van der Waals surface area contributed by atoms with Gasteiger partial charge in [0, 0.05) is 28.7 Å². The van der Waals surface area contributed by atoms with Crippen molar-refractivity contribution in [3.8, 4) is 5.75 Å². The average Bonchev–Trinajstić information content (AvgIpc) is 3.42. The summed E-state index contributed by atoms with van der Waals surface area (Å²) in [6.45, 7) is -0.0656. The van der Waals surface area contributed by atoms with Gasteiger partial charge < -0.3 is 19.9 Å². The number of anilines is 1. The van der Waals surface area contributed by atoms with E-state index in [9.17, 15) is 32.3 Å². The highest BCUT2D eigenvalue weighted by Crippen LogP contribution is 2.58. The number of esters is 1. The number of nitrogens with one attached hydrogen (secondary N) is 1. The summed E-state index contributed by atoms with van der Waals surface area (Å²) < 4.78 is 65.8. The summed E-state index contributed by atoms with van der Waals surface area (Å²) in [5.41, 5.74) is -4.21. The van der Waals surface area contributed by atoms with Gasteiger partial charge in [0.25, 0.3) is 5.91 Å². The summed E-state index contributed by atoms with van der Waals surface area (Å²) in [6, 6.07) is 7.37. The van der Waals surface area contributed by atoms with Crippen LogP contribution in [-0.2, 0) is 21.6 Å². The molecule has 1 atom stereocenters. The number of carbonyl (C=O) groups is 2. The smallest absolute Gasteiger partial charge is 0.426 e. The normalized spacial score (nSPS) is 18.4. The van der Waals surface area contributed by atoms with Crippen LogP contribution in [0.1, 0.15) is 40.7 Å². The molecular formula is C22H19F4NO5. The van der Waals surface area contributed by atoms with Gasteiger partial charge in [-0.3, -0.25) is 4.79 Å². The fourth-order valence-corrected chi connectivity index (χ4v) is 4.03. The van der Waals surface area contributed by atoms with Gasteiger partial charge >= 0.3 is 12.1 Å². The van der Waals surface area contributed by atoms with E-state index in [1.807, 2.05) is 0 Å². The summed E-state index contributed by atoms with van der Waals surface area (Å²) in [4.78, 5) is 24.2. The number of methoxy groups -OCH3 is 1. The van der Waals surface area contributed by atoms with Crippen molar-refractivity contribution < 1.29 is 41.7 Å². The lowest BCUT2D eigenvalue weighted by Crippen LogP contribution is -2.56. The third-order valence-corrected chi connectivity index (χ3v) is 5.97. The molecule has 2 aromatic rings. The van der Waals surface area contributed by atoms with Gasteiger partial charge in [-0.15, -0.1) is 0 Å². The molecule has 0 spiro atoms. The van der Waals surface area contributed by atoms with Gasteiger partial charge in [0.15, 0.2) is 0 Å². The van der Waals surface area contributed by atoms with E-state index in [1.165, 1.54) is 31.4 Å². The lowest BCUT2D eigenvalue weighted by molar-refractivity contribution is -0.253. The Hall–Kier alpha value is -3.14. The van der Waals surface area contributed by atoms with Gasteiger partial charge in [-0.05, 0) is 49.2 Å². The summed E-state index contributed by atoms with van der Waals surface area (Å²) >= 11 is 0. The molecule has 2 aromatic carbocycles. The molecule has 0 bridgehead atoms.